The third-order valence-electron chi connectivity index (χ3n) is 4.86. The lowest BCUT2D eigenvalue weighted by Gasteiger charge is -2.11. The van der Waals surface area contributed by atoms with Gasteiger partial charge in [-0.15, -0.1) is 0 Å². The first-order valence-corrected chi connectivity index (χ1v) is 9.52. The van der Waals surface area contributed by atoms with Gasteiger partial charge < -0.3 is 10.6 Å². The molecule has 2 aromatic carbocycles. The zero-order valence-corrected chi connectivity index (χ0v) is 15.7. The molecule has 0 atom stereocenters. The van der Waals surface area contributed by atoms with Crippen LogP contribution < -0.4 is 10.6 Å². The number of rotatable bonds is 6. The molecular weight excluding hydrogens is 336 g/mol. The van der Waals surface area contributed by atoms with Gasteiger partial charge in [0, 0.05) is 24.2 Å². The van der Waals surface area contributed by atoms with Crippen LogP contribution in [-0.4, -0.2) is 11.8 Å². The molecule has 1 aliphatic rings. The summed E-state index contributed by atoms with van der Waals surface area (Å²) in [7, 11) is 0. The summed E-state index contributed by atoms with van der Waals surface area (Å²) in [6.45, 7) is 2.44. The highest BCUT2D eigenvalue weighted by Gasteiger charge is 2.22. The van der Waals surface area contributed by atoms with Crippen molar-refractivity contribution < 1.29 is 9.59 Å². The molecule has 0 unspecified atom stereocenters. The van der Waals surface area contributed by atoms with E-state index in [-0.39, 0.29) is 17.7 Å². The number of amides is 2. The summed E-state index contributed by atoms with van der Waals surface area (Å²) in [6.07, 6.45) is 7.59. The summed E-state index contributed by atoms with van der Waals surface area (Å²) >= 11 is 0. The quantitative estimate of drug-likeness (QED) is 0.746. The van der Waals surface area contributed by atoms with Crippen LogP contribution in [0.5, 0.6) is 0 Å². The molecule has 4 nitrogen and oxygen atoms in total. The number of anilines is 1. The molecule has 0 aliphatic heterocycles. The minimum absolute atomic E-state index is 0.106. The number of carbonyl (C=O) groups is 2. The molecule has 2 amide bonds. The Morgan fingerprint density at radius 2 is 1.85 bits per heavy atom. The first kappa shape index (κ1) is 18.9. The Labute approximate surface area is 160 Å². The molecule has 0 saturated heterocycles. The largest absolute Gasteiger partial charge is 0.348 e. The van der Waals surface area contributed by atoms with Crippen molar-refractivity contribution in [1.29, 1.82) is 0 Å². The topological polar surface area (TPSA) is 58.2 Å². The van der Waals surface area contributed by atoms with Gasteiger partial charge in [-0.1, -0.05) is 54.8 Å². The van der Waals surface area contributed by atoms with E-state index in [0.29, 0.717) is 6.54 Å². The van der Waals surface area contributed by atoms with Crippen LogP contribution in [0.1, 0.15) is 42.4 Å². The van der Waals surface area contributed by atoms with Gasteiger partial charge in [-0.3, -0.25) is 9.59 Å². The highest BCUT2D eigenvalue weighted by atomic mass is 16.2. The van der Waals surface area contributed by atoms with E-state index < -0.39 is 0 Å². The molecule has 4 heteroatoms. The minimum atomic E-state index is -0.142. The second kappa shape index (κ2) is 9.17. The summed E-state index contributed by atoms with van der Waals surface area (Å²) in [5, 5.41) is 5.88. The predicted octanol–water partition coefficient (Wildman–Crippen LogP) is 4.45. The van der Waals surface area contributed by atoms with Gasteiger partial charge in [0.05, 0.1) is 0 Å². The standard InChI is InChI=1S/C23H26N2O2/c1-17-6-4-7-18(14-17)12-13-22(26)24-16-19-8-5-11-21(15-19)25-23(27)20-9-2-3-10-20/h4-8,11-15,20H,2-3,9-10,16H2,1H3,(H,24,26)(H,25,27). The van der Waals surface area contributed by atoms with E-state index in [4.69, 9.17) is 0 Å². The Balaban J connectivity index is 1.51. The summed E-state index contributed by atoms with van der Waals surface area (Å²) in [5.41, 5.74) is 3.90. The molecule has 2 aromatic rings. The smallest absolute Gasteiger partial charge is 0.244 e. The molecule has 3 rings (SSSR count). The number of benzene rings is 2. The molecule has 0 spiro atoms. The van der Waals surface area contributed by atoms with Crippen molar-refractivity contribution >= 4 is 23.6 Å². The Bertz CT molecular complexity index is 836. The zero-order valence-electron chi connectivity index (χ0n) is 15.7. The van der Waals surface area contributed by atoms with E-state index in [9.17, 15) is 9.59 Å². The lowest BCUT2D eigenvalue weighted by atomic mass is 10.1. The van der Waals surface area contributed by atoms with Crippen LogP contribution in [0.25, 0.3) is 6.08 Å². The van der Waals surface area contributed by atoms with Crippen LogP contribution in [0.3, 0.4) is 0 Å². The average Bonchev–Trinajstić information content (AvgIpc) is 3.20. The van der Waals surface area contributed by atoms with Crippen LogP contribution in [0.15, 0.2) is 54.6 Å². The molecule has 2 N–H and O–H groups in total. The van der Waals surface area contributed by atoms with E-state index >= 15 is 0 Å². The van der Waals surface area contributed by atoms with Crippen molar-refractivity contribution in [3.05, 3.63) is 71.3 Å². The SMILES string of the molecule is Cc1cccc(C=CC(=O)NCc2cccc(NC(=O)C3CCCC3)c2)c1. The monoisotopic (exact) mass is 362 g/mol. The van der Waals surface area contributed by atoms with Crippen molar-refractivity contribution in [2.24, 2.45) is 5.92 Å². The first-order chi connectivity index (χ1) is 13.1. The van der Waals surface area contributed by atoms with Gasteiger partial charge in [0.15, 0.2) is 0 Å². The lowest BCUT2D eigenvalue weighted by Crippen LogP contribution is -2.21. The second-order valence-electron chi connectivity index (χ2n) is 7.14. The number of carbonyl (C=O) groups excluding carboxylic acids is 2. The molecule has 1 fully saturated rings. The average molecular weight is 362 g/mol. The molecule has 0 bridgehead atoms. The highest BCUT2D eigenvalue weighted by Crippen LogP contribution is 2.26. The van der Waals surface area contributed by atoms with Gasteiger partial charge >= 0.3 is 0 Å². The summed E-state index contributed by atoms with van der Waals surface area (Å²) in [4.78, 5) is 24.3. The van der Waals surface area contributed by atoms with Crippen molar-refractivity contribution in [2.45, 2.75) is 39.2 Å². The fourth-order valence-corrected chi connectivity index (χ4v) is 3.39. The van der Waals surface area contributed by atoms with Crippen LogP contribution in [0.2, 0.25) is 0 Å². The Kier molecular flexibility index (Phi) is 6.42. The lowest BCUT2D eigenvalue weighted by molar-refractivity contribution is -0.119. The van der Waals surface area contributed by atoms with Crippen molar-refractivity contribution in [3.63, 3.8) is 0 Å². The van der Waals surface area contributed by atoms with E-state index in [2.05, 4.69) is 10.6 Å². The van der Waals surface area contributed by atoms with E-state index in [1.165, 1.54) is 0 Å². The zero-order chi connectivity index (χ0) is 19.1. The Morgan fingerprint density at radius 3 is 2.63 bits per heavy atom. The predicted molar refractivity (Wildman–Crippen MR) is 109 cm³/mol. The molecule has 0 heterocycles. The Morgan fingerprint density at radius 1 is 1.07 bits per heavy atom. The molecule has 27 heavy (non-hydrogen) atoms. The third kappa shape index (κ3) is 5.81. The summed E-state index contributed by atoms with van der Waals surface area (Å²) < 4.78 is 0. The van der Waals surface area contributed by atoms with Crippen molar-refractivity contribution in [2.75, 3.05) is 5.32 Å². The minimum Gasteiger partial charge on any atom is -0.348 e. The molecule has 0 radical (unpaired) electrons. The number of hydrogen-bond acceptors (Lipinski definition) is 2. The maximum atomic E-state index is 12.2. The number of nitrogens with one attached hydrogen (secondary N) is 2. The molecule has 0 aromatic heterocycles. The van der Waals surface area contributed by atoms with Gasteiger partial charge in [-0.05, 0) is 49.1 Å². The second-order valence-corrected chi connectivity index (χ2v) is 7.14. The number of aryl methyl sites for hydroxylation is 1. The van der Waals surface area contributed by atoms with Crippen LogP contribution in [0, 0.1) is 12.8 Å². The summed E-state index contributed by atoms with van der Waals surface area (Å²) in [6, 6.07) is 15.6. The van der Waals surface area contributed by atoms with Gasteiger partial charge in [0.2, 0.25) is 11.8 Å². The third-order valence-corrected chi connectivity index (χ3v) is 4.86. The van der Waals surface area contributed by atoms with Crippen molar-refractivity contribution in [1.82, 2.24) is 5.32 Å². The van der Waals surface area contributed by atoms with Gasteiger partial charge in [0.1, 0.15) is 0 Å². The van der Waals surface area contributed by atoms with Gasteiger partial charge in [0.25, 0.3) is 0 Å². The van der Waals surface area contributed by atoms with E-state index in [1.54, 1.807) is 12.2 Å². The molecule has 140 valence electrons. The molecule has 1 saturated carbocycles. The van der Waals surface area contributed by atoms with Crippen LogP contribution in [-0.2, 0) is 16.1 Å². The molecule has 1 aliphatic carbocycles. The van der Waals surface area contributed by atoms with E-state index in [0.717, 1.165) is 48.1 Å². The maximum absolute atomic E-state index is 12.2. The summed E-state index contributed by atoms with van der Waals surface area (Å²) in [5.74, 6) is 0.104. The highest BCUT2D eigenvalue weighted by molar-refractivity contribution is 5.93. The fraction of sp³-hybridized carbons (Fsp3) is 0.304. The fourth-order valence-electron chi connectivity index (χ4n) is 3.39. The number of hydrogen-bond donors (Lipinski definition) is 2. The van der Waals surface area contributed by atoms with Crippen LogP contribution >= 0.6 is 0 Å². The Hall–Kier alpha value is -2.88. The van der Waals surface area contributed by atoms with Gasteiger partial charge in [-0.2, -0.15) is 0 Å². The maximum Gasteiger partial charge on any atom is 0.244 e. The normalized spacial score (nSPS) is 14.4. The first-order valence-electron chi connectivity index (χ1n) is 9.52. The molecular formula is C23H26N2O2. The van der Waals surface area contributed by atoms with Gasteiger partial charge in [-0.25, -0.2) is 0 Å². The van der Waals surface area contributed by atoms with Crippen LogP contribution in [0.4, 0.5) is 5.69 Å². The van der Waals surface area contributed by atoms with E-state index in [1.807, 2.05) is 55.5 Å². The van der Waals surface area contributed by atoms with Crippen molar-refractivity contribution in [3.8, 4) is 0 Å².